The van der Waals surface area contributed by atoms with Gasteiger partial charge in [-0.05, 0) is 29.5 Å². The molecule has 0 amide bonds. The summed E-state index contributed by atoms with van der Waals surface area (Å²) in [7, 11) is 1.80. The second-order valence-electron chi connectivity index (χ2n) is 5.25. The van der Waals surface area contributed by atoms with E-state index >= 15 is 0 Å². The molecule has 0 fully saturated rings. The molecule has 0 N–H and O–H groups in total. The minimum absolute atomic E-state index is 0.223. The number of hydrogen-bond acceptors (Lipinski definition) is 3. The van der Waals surface area contributed by atoms with Crippen LogP contribution in [0, 0.1) is 0 Å². The van der Waals surface area contributed by atoms with Gasteiger partial charge < -0.3 is 0 Å². The number of hydrazone groups is 1. The zero-order valence-corrected chi connectivity index (χ0v) is 14.7. The maximum atomic E-state index is 6.02. The van der Waals surface area contributed by atoms with Crippen molar-refractivity contribution < 1.29 is 0 Å². The fraction of sp³-hybridized carbons (Fsp3) is 0.222. The third kappa shape index (κ3) is 3.43. The van der Waals surface area contributed by atoms with Crippen molar-refractivity contribution in [2.45, 2.75) is 5.92 Å². The van der Waals surface area contributed by atoms with Crippen LogP contribution in [-0.4, -0.2) is 35.7 Å². The molecule has 3 rings (SSSR count). The zero-order chi connectivity index (χ0) is 16.2. The average molecular weight is 344 g/mol. The first kappa shape index (κ1) is 16.1. The van der Waals surface area contributed by atoms with Gasteiger partial charge >= 0.3 is 0 Å². The van der Waals surface area contributed by atoms with Gasteiger partial charge in [0.15, 0.2) is 5.17 Å². The van der Waals surface area contributed by atoms with Crippen LogP contribution in [0.2, 0.25) is 5.02 Å². The van der Waals surface area contributed by atoms with E-state index in [1.54, 1.807) is 18.8 Å². The minimum atomic E-state index is 0.223. The Kier molecular flexibility index (Phi) is 5.03. The summed E-state index contributed by atoms with van der Waals surface area (Å²) in [5, 5.41) is 8.50. The fourth-order valence-corrected chi connectivity index (χ4v) is 3.40. The largest absolute Gasteiger partial charge is 0.264 e. The summed E-state index contributed by atoms with van der Waals surface area (Å²) in [4.78, 5) is 4.34. The second kappa shape index (κ2) is 7.20. The van der Waals surface area contributed by atoms with Crippen LogP contribution in [0.4, 0.5) is 0 Å². The summed E-state index contributed by atoms with van der Waals surface area (Å²) in [6, 6.07) is 18.4. The van der Waals surface area contributed by atoms with Crippen molar-refractivity contribution in [3.8, 4) is 0 Å². The predicted octanol–water partition coefficient (Wildman–Crippen LogP) is 4.49. The van der Waals surface area contributed by atoms with Crippen LogP contribution >= 0.6 is 23.4 Å². The summed E-state index contributed by atoms with van der Waals surface area (Å²) in [5.41, 5.74) is 3.42. The first-order chi connectivity index (χ1) is 11.2. The molecule has 1 atom stereocenters. The minimum Gasteiger partial charge on any atom is -0.264 e. The van der Waals surface area contributed by atoms with E-state index in [2.05, 4.69) is 29.3 Å². The molecule has 1 unspecified atom stereocenters. The van der Waals surface area contributed by atoms with Crippen molar-refractivity contribution in [1.29, 1.82) is 0 Å². The molecule has 0 bridgehead atoms. The smallest absolute Gasteiger partial charge is 0.179 e. The molecular weight excluding hydrogens is 326 g/mol. The van der Waals surface area contributed by atoms with E-state index < -0.39 is 0 Å². The van der Waals surface area contributed by atoms with Gasteiger partial charge in [-0.3, -0.25) is 4.99 Å². The number of halogens is 1. The molecule has 0 saturated heterocycles. The van der Waals surface area contributed by atoms with Crippen molar-refractivity contribution in [2.24, 2.45) is 10.1 Å². The number of aliphatic imine (C=N–C) groups is 1. The van der Waals surface area contributed by atoms with E-state index in [1.165, 1.54) is 5.56 Å². The first-order valence-corrected chi connectivity index (χ1v) is 9.01. The third-order valence-electron chi connectivity index (χ3n) is 3.85. The molecule has 1 aliphatic heterocycles. The molecule has 1 aliphatic rings. The number of nitrogens with zero attached hydrogens (tertiary/aromatic N) is 3. The summed E-state index contributed by atoms with van der Waals surface area (Å²) in [6.07, 6.45) is 2.02. The van der Waals surface area contributed by atoms with E-state index in [1.807, 2.05) is 41.6 Å². The monoisotopic (exact) mass is 343 g/mol. The molecule has 0 saturated carbocycles. The highest BCUT2D eigenvalue weighted by molar-refractivity contribution is 8.13. The molecule has 1 heterocycles. The van der Waals surface area contributed by atoms with Crippen molar-refractivity contribution in [3.05, 3.63) is 70.7 Å². The zero-order valence-electron chi connectivity index (χ0n) is 13.1. The lowest BCUT2D eigenvalue weighted by molar-refractivity contribution is 0.484. The van der Waals surface area contributed by atoms with Gasteiger partial charge in [0.25, 0.3) is 0 Å². The maximum absolute atomic E-state index is 6.02. The van der Waals surface area contributed by atoms with Crippen molar-refractivity contribution >= 4 is 34.2 Å². The van der Waals surface area contributed by atoms with Gasteiger partial charge in [0, 0.05) is 18.0 Å². The molecule has 2 aromatic carbocycles. The van der Waals surface area contributed by atoms with Gasteiger partial charge in [-0.25, -0.2) is 5.01 Å². The Hall–Kier alpha value is -1.78. The Labute approximate surface area is 146 Å². The number of benzene rings is 2. The highest BCUT2D eigenvalue weighted by Crippen LogP contribution is 2.30. The van der Waals surface area contributed by atoms with Gasteiger partial charge in [-0.1, -0.05) is 65.8 Å². The molecule has 2 aromatic rings. The van der Waals surface area contributed by atoms with Crippen molar-refractivity contribution in [2.75, 3.05) is 19.8 Å². The van der Waals surface area contributed by atoms with E-state index in [0.29, 0.717) is 0 Å². The number of hydrogen-bond donors (Lipinski definition) is 0. The Bertz CT molecular complexity index is 726. The van der Waals surface area contributed by atoms with Gasteiger partial charge in [0.05, 0.1) is 12.3 Å². The van der Waals surface area contributed by atoms with Crippen molar-refractivity contribution in [3.63, 3.8) is 0 Å². The quantitative estimate of drug-likeness (QED) is 0.593. The summed E-state index contributed by atoms with van der Waals surface area (Å²) in [6.45, 7) is 0.801. The molecular formula is C18H18ClN3S. The molecule has 5 heteroatoms. The molecule has 0 spiro atoms. The second-order valence-corrected chi connectivity index (χ2v) is 6.46. The van der Waals surface area contributed by atoms with Gasteiger partial charge in [-0.2, -0.15) is 5.10 Å². The standard InChI is InChI=1S/C18H18ClN3S/c1-20-18(23-2)22-12-16(13-6-4-3-5-7-13)17(21-22)14-8-10-15(19)11-9-14/h3-11,16H,12H2,1-2H3/b20-18+. The molecule has 0 radical (unpaired) electrons. The summed E-state index contributed by atoms with van der Waals surface area (Å²) >= 11 is 7.63. The highest BCUT2D eigenvalue weighted by Gasteiger charge is 2.30. The molecule has 118 valence electrons. The lowest BCUT2D eigenvalue weighted by atomic mass is 9.91. The topological polar surface area (TPSA) is 28.0 Å². The Morgan fingerprint density at radius 1 is 1.17 bits per heavy atom. The summed E-state index contributed by atoms with van der Waals surface area (Å²) < 4.78 is 0. The Morgan fingerprint density at radius 3 is 2.48 bits per heavy atom. The van der Waals surface area contributed by atoms with Crippen LogP contribution in [0.5, 0.6) is 0 Å². The van der Waals surface area contributed by atoms with Crippen LogP contribution in [0.15, 0.2) is 64.7 Å². The third-order valence-corrected chi connectivity index (χ3v) is 4.86. The number of rotatable bonds is 2. The first-order valence-electron chi connectivity index (χ1n) is 7.40. The van der Waals surface area contributed by atoms with E-state index in [9.17, 15) is 0 Å². The van der Waals surface area contributed by atoms with E-state index in [-0.39, 0.29) is 5.92 Å². The van der Waals surface area contributed by atoms with E-state index in [0.717, 1.165) is 28.0 Å². The molecule has 3 nitrogen and oxygen atoms in total. The maximum Gasteiger partial charge on any atom is 0.179 e. The van der Waals surface area contributed by atoms with Gasteiger partial charge in [-0.15, -0.1) is 0 Å². The molecule has 23 heavy (non-hydrogen) atoms. The normalized spacial score (nSPS) is 18.2. The van der Waals surface area contributed by atoms with Crippen LogP contribution in [0.1, 0.15) is 17.0 Å². The Morgan fingerprint density at radius 2 is 1.87 bits per heavy atom. The summed E-state index contributed by atoms with van der Waals surface area (Å²) in [5.74, 6) is 0.223. The average Bonchev–Trinajstić information content (AvgIpc) is 3.02. The predicted molar refractivity (Wildman–Crippen MR) is 101 cm³/mol. The lowest BCUT2D eigenvalue weighted by Gasteiger charge is -2.16. The van der Waals surface area contributed by atoms with Gasteiger partial charge in [0.1, 0.15) is 0 Å². The van der Waals surface area contributed by atoms with Crippen LogP contribution in [-0.2, 0) is 0 Å². The van der Waals surface area contributed by atoms with Crippen LogP contribution in [0.25, 0.3) is 0 Å². The van der Waals surface area contributed by atoms with Gasteiger partial charge in [0.2, 0.25) is 0 Å². The van der Waals surface area contributed by atoms with Crippen molar-refractivity contribution in [1.82, 2.24) is 5.01 Å². The highest BCUT2D eigenvalue weighted by atomic mass is 35.5. The van der Waals surface area contributed by atoms with Crippen LogP contribution in [0.3, 0.4) is 0 Å². The SMILES string of the molecule is C/N=C(/SC)N1CC(c2ccccc2)C(c2ccc(Cl)cc2)=N1. The molecule has 0 aromatic heterocycles. The number of amidine groups is 1. The Balaban J connectivity index is 2.01. The van der Waals surface area contributed by atoms with Crippen LogP contribution < -0.4 is 0 Å². The fourth-order valence-electron chi connectivity index (χ4n) is 2.76. The molecule has 0 aliphatic carbocycles. The number of thioether (sulfide) groups is 1. The van der Waals surface area contributed by atoms with E-state index in [4.69, 9.17) is 16.7 Å². The lowest BCUT2D eigenvalue weighted by Crippen LogP contribution is -2.23.